The lowest BCUT2D eigenvalue weighted by Gasteiger charge is -2.15. The number of carbonyl (C=O) groups is 1. The number of aromatic amines is 1. The molecule has 0 unspecified atom stereocenters. The minimum Gasteiger partial charge on any atom is -0.308 e. The lowest BCUT2D eigenvalue weighted by atomic mass is 10.0. The summed E-state index contributed by atoms with van der Waals surface area (Å²) in [5.74, 6) is 0. The fraction of sp³-hybridized carbons (Fsp3) is 0.207. The highest BCUT2D eigenvalue weighted by molar-refractivity contribution is 6.00. The van der Waals surface area contributed by atoms with Gasteiger partial charge in [-0.15, -0.1) is 0 Å². The Labute approximate surface area is 215 Å². The molecule has 3 N–H and O–H groups in total. The van der Waals surface area contributed by atoms with Gasteiger partial charge in [0.15, 0.2) is 0 Å². The van der Waals surface area contributed by atoms with Crippen LogP contribution in [0.15, 0.2) is 79.1 Å². The lowest BCUT2D eigenvalue weighted by molar-refractivity contribution is 0.262. The minimum absolute atomic E-state index is 0.257. The van der Waals surface area contributed by atoms with Crippen molar-refractivity contribution in [1.82, 2.24) is 24.9 Å². The molecule has 2 amide bonds. The van der Waals surface area contributed by atoms with Crippen molar-refractivity contribution in [2.75, 3.05) is 23.7 Å². The molecule has 0 bridgehead atoms. The Hall–Kier alpha value is -4.43. The number of urea groups is 1. The number of hydrogen-bond acceptors (Lipinski definition) is 4. The van der Waals surface area contributed by atoms with Crippen LogP contribution in [0.1, 0.15) is 18.4 Å². The zero-order valence-corrected chi connectivity index (χ0v) is 20.7. The van der Waals surface area contributed by atoms with Gasteiger partial charge < -0.3 is 10.6 Å². The largest absolute Gasteiger partial charge is 0.323 e. The smallest absolute Gasteiger partial charge is 0.308 e. The molecular weight excluding hydrogens is 462 g/mol. The standard InChI is InChI=1S/C29H29N7O/c1-35-19-23(17-30-35)28-26-12-9-22(16-27(26)33-34-28)21-7-10-24(11-8-21)31-29(37)32-25-6-4-5-20(15-25)18-36-13-2-3-14-36/h4-12,15-17,19H,2-3,13-14,18H2,1H3,(H,33,34)(H2,31,32,37). The third kappa shape index (κ3) is 5.10. The quantitative estimate of drug-likeness (QED) is 0.277. The normalized spacial score (nSPS) is 13.8. The van der Waals surface area contributed by atoms with E-state index in [-0.39, 0.29) is 6.03 Å². The molecular formula is C29H29N7O. The molecule has 3 heterocycles. The number of rotatable bonds is 6. The second kappa shape index (κ2) is 9.91. The Morgan fingerprint density at radius 1 is 0.919 bits per heavy atom. The number of fused-ring (bicyclic) bond motifs is 1. The minimum atomic E-state index is -0.257. The molecule has 8 nitrogen and oxygen atoms in total. The second-order valence-corrected chi connectivity index (χ2v) is 9.58. The summed E-state index contributed by atoms with van der Waals surface area (Å²) in [5, 5.41) is 18.8. The summed E-state index contributed by atoms with van der Waals surface area (Å²) in [6.07, 6.45) is 6.31. The summed E-state index contributed by atoms with van der Waals surface area (Å²) in [6.45, 7) is 3.22. The number of carbonyl (C=O) groups excluding carboxylic acids is 1. The number of benzene rings is 3. The Morgan fingerprint density at radius 2 is 1.70 bits per heavy atom. The van der Waals surface area contributed by atoms with Crippen LogP contribution in [0, 0.1) is 0 Å². The van der Waals surface area contributed by atoms with Crippen LogP contribution < -0.4 is 10.6 Å². The molecule has 2 aromatic heterocycles. The molecule has 1 aliphatic heterocycles. The van der Waals surface area contributed by atoms with E-state index in [0.717, 1.165) is 64.3 Å². The molecule has 3 aromatic carbocycles. The van der Waals surface area contributed by atoms with E-state index in [4.69, 9.17) is 0 Å². The van der Waals surface area contributed by atoms with Crippen molar-refractivity contribution < 1.29 is 4.79 Å². The van der Waals surface area contributed by atoms with Gasteiger partial charge in [0.05, 0.1) is 11.7 Å². The van der Waals surface area contributed by atoms with E-state index in [1.54, 1.807) is 4.68 Å². The maximum Gasteiger partial charge on any atom is 0.323 e. The molecule has 0 saturated carbocycles. The first-order chi connectivity index (χ1) is 18.1. The summed E-state index contributed by atoms with van der Waals surface area (Å²) < 4.78 is 1.77. The summed E-state index contributed by atoms with van der Waals surface area (Å²) in [5.41, 5.74) is 7.70. The highest BCUT2D eigenvalue weighted by Gasteiger charge is 2.13. The zero-order valence-electron chi connectivity index (χ0n) is 20.7. The molecule has 1 aliphatic rings. The molecule has 186 valence electrons. The van der Waals surface area contributed by atoms with Crippen LogP contribution in [-0.2, 0) is 13.6 Å². The highest BCUT2D eigenvalue weighted by atomic mass is 16.2. The number of nitrogens with zero attached hydrogens (tertiary/aromatic N) is 4. The molecule has 0 atom stereocenters. The molecule has 1 fully saturated rings. The molecule has 6 rings (SSSR count). The Kier molecular flexibility index (Phi) is 6.16. The van der Waals surface area contributed by atoms with E-state index < -0.39 is 0 Å². The molecule has 1 saturated heterocycles. The summed E-state index contributed by atoms with van der Waals surface area (Å²) in [4.78, 5) is 15.1. The van der Waals surface area contributed by atoms with Crippen molar-refractivity contribution in [1.29, 1.82) is 0 Å². The predicted octanol–water partition coefficient (Wildman–Crippen LogP) is 5.87. The van der Waals surface area contributed by atoms with Crippen LogP contribution in [0.4, 0.5) is 16.2 Å². The molecule has 0 spiro atoms. The molecule has 0 aliphatic carbocycles. The van der Waals surface area contributed by atoms with E-state index in [1.807, 2.05) is 61.9 Å². The van der Waals surface area contributed by atoms with Gasteiger partial charge in [0, 0.05) is 42.1 Å². The number of H-pyrrole nitrogens is 1. The van der Waals surface area contributed by atoms with Gasteiger partial charge in [-0.2, -0.15) is 10.2 Å². The Bertz CT molecular complexity index is 1540. The van der Waals surface area contributed by atoms with Gasteiger partial charge in [0.25, 0.3) is 0 Å². The van der Waals surface area contributed by atoms with Crippen molar-refractivity contribution in [3.8, 4) is 22.4 Å². The fourth-order valence-corrected chi connectivity index (χ4v) is 4.95. The Balaban J connectivity index is 1.11. The molecule has 37 heavy (non-hydrogen) atoms. The number of anilines is 2. The Morgan fingerprint density at radius 3 is 2.49 bits per heavy atom. The summed E-state index contributed by atoms with van der Waals surface area (Å²) >= 11 is 0. The van der Waals surface area contributed by atoms with E-state index in [2.05, 4.69) is 55.1 Å². The first kappa shape index (κ1) is 23.0. The van der Waals surface area contributed by atoms with Gasteiger partial charge in [-0.1, -0.05) is 30.3 Å². The van der Waals surface area contributed by atoms with Crippen molar-refractivity contribution in [3.63, 3.8) is 0 Å². The van der Waals surface area contributed by atoms with E-state index in [0.29, 0.717) is 0 Å². The van der Waals surface area contributed by atoms with E-state index in [9.17, 15) is 4.79 Å². The first-order valence-corrected chi connectivity index (χ1v) is 12.6. The number of aromatic nitrogens is 4. The molecule has 0 radical (unpaired) electrons. The fourth-order valence-electron chi connectivity index (χ4n) is 4.95. The first-order valence-electron chi connectivity index (χ1n) is 12.6. The van der Waals surface area contributed by atoms with Crippen molar-refractivity contribution in [3.05, 3.63) is 84.7 Å². The van der Waals surface area contributed by atoms with Gasteiger partial charge in [0.2, 0.25) is 0 Å². The monoisotopic (exact) mass is 491 g/mol. The second-order valence-electron chi connectivity index (χ2n) is 9.58. The van der Waals surface area contributed by atoms with Crippen LogP contribution in [0.2, 0.25) is 0 Å². The summed E-state index contributed by atoms with van der Waals surface area (Å²) in [6, 6.07) is 21.9. The van der Waals surface area contributed by atoms with Crippen molar-refractivity contribution in [2.24, 2.45) is 7.05 Å². The number of nitrogens with one attached hydrogen (secondary N) is 3. The zero-order chi connectivity index (χ0) is 25.2. The lowest BCUT2D eigenvalue weighted by Crippen LogP contribution is -2.20. The number of hydrogen-bond donors (Lipinski definition) is 3. The van der Waals surface area contributed by atoms with Gasteiger partial charge >= 0.3 is 6.03 Å². The third-order valence-electron chi connectivity index (χ3n) is 6.81. The van der Waals surface area contributed by atoms with Gasteiger partial charge in [-0.25, -0.2) is 4.79 Å². The third-order valence-corrected chi connectivity index (χ3v) is 6.81. The number of aryl methyl sites for hydroxylation is 1. The topological polar surface area (TPSA) is 90.9 Å². The maximum atomic E-state index is 12.6. The van der Waals surface area contributed by atoms with Crippen LogP contribution in [-0.4, -0.2) is 44.0 Å². The summed E-state index contributed by atoms with van der Waals surface area (Å²) in [7, 11) is 1.90. The average molecular weight is 492 g/mol. The van der Waals surface area contributed by atoms with Crippen LogP contribution >= 0.6 is 0 Å². The van der Waals surface area contributed by atoms with Crippen LogP contribution in [0.5, 0.6) is 0 Å². The maximum absolute atomic E-state index is 12.6. The van der Waals surface area contributed by atoms with Gasteiger partial charge in [0.1, 0.15) is 5.69 Å². The predicted molar refractivity (Wildman–Crippen MR) is 147 cm³/mol. The molecule has 5 aromatic rings. The highest BCUT2D eigenvalue weighted by Crippen LogP contribution is 2.30. The van der Waals surface area contributed by atoms with Gasteiger partial charge in [-0.05, 0) is 79.0 Å². The van der Waals surface area contributed by atoms with Crippen LogP contribution in [0.3, 0.4) is 0 Å². The van der Waals surface area contributed by atoms with E-state index in [1.165, 1.54) is 18.4 Å². The van der Waals surface area contributed by atoms with E-state index >= 15 is 0 Å². The van der Waals surface area contributed by atoms with Gasteiger partial charge in [-0.3, -0.25) is 14.7 Å². The molecule has 8 heteroatoms. The SMILES string of the molecule is Cn1cc(-c2n[nH]c3cc(-c4ccc(NC(=O)Nc5cccc(CN6CCCC6)c5)cc4)ccc23)cn1. The van der Waals surface area contributed by atoms with Crippen LogP contribution in [0.25, 0.3) is 33.3 Å². The number of amides is 2. The number of likely N-dealkylation sites (tertiary alicyclic amines) is 1. The van der Waals surface area contributed by atoms with Crippen molar-refractivity contribution in [2.45, 2.75) is 19.4 Å². The van der Waals surface area contributed by atoms with Crippen molar-refractivity contribution >= 4 is 28.3 Å². The average Bonchev–Trinajstić information content (AvgIpc) is 3.65.